The van der Waals surface area contributed by atoms with Gasteiger partial charge in [-0.2, -0.15) is 5.26 Å². The van der Waals surface area contributed by atoms with Gasteiger partial charge in [0.15, 0.2) is 0 Å². The van der Waals surface area contributed by atoms with Crippen molar-refractivity contribution >= 4 is 45.3 Å². The second-order valence-electron chi connectivity index (χ2n) is 9.22. The van der Waals surface area contributed by atoms with E-state index in [4.69, 9.17) is 21.4 Å². The number of carbonyl (C=O) groups excluding carboxylic acids is 2. The highest BCUT2D eigenvalue weighted by Gasteiger charge is 2.36. The highest BCUT2D eigenvalue weighted by Crippen LogP contribution is 2.28. The number of anilines is 1. The number of amides is 1. The van der Waals surface area contributed by atoms with E-state index in [-0.39, 0.29) is 42.1 Å². The van der Waals surface area contributed by atoms with Crippen molar-refractivity contribution in [3.05, 3.63) is 87.3 Å². The molecular weight excluding hydrogens is 586 g/mol. The van der Waals surface area contributed by atoms with E-state index in [0.717, 1.165) is 0 Å². The minimum atomic E-state index is -3.87. The number of carbonyl (C=O) groups is 3. The number of nitrogens with one attached hydrogen (secondary N) is 1. The lowest BCUT2D eigenvalue weighted by Gasteiger charge is -2.39. The summed E-state index contributed by atoms with van der Waals surface area (Å²) >= 11 is 5.80. The van der Waals surface area contributed by atoms with Crippen LogP contribution in [0, 0.1) is 31.1 Å². The van der Waals surface area contributed by atoms with Crippen molar-refractivity contribution in [2.75, 3.05) is 24.6 Å². The number of benzene rings is 1. The molecule has 1 fully saturated rings. The van der Waals surface area contributed by atoms with Gasteiger partial charge in [0.05, 0.1) is 46.4 Å². The molecule has 1 aromatic carbocycles. The lowest BCUT2D eigenvalue weighted by molar-refractivity contribution is -0.123. The molecule has 0 aliphatic carbocycles. The molecule has 1 saturated heterocycles. The third-order valence-corrected chi connectivity index (χ3v) is 7.60. The van der Waals surface area contributed by atoms with Gasteiger partial charge in [0.25, 0.3) is 0 Å². The number of carboxylic acids is 1. The van der Waals surface area contributed by atoms with Gasteiger partial charge in [-0.15, -0.1) is 0 Å². The van der Waals surface area contributed by atoms with Gasteiger partial charge in [0, 0.05) is 24.3 Å². The Hall–Kier alpha value is -4.54. The zero-order chi connectivity index (χ0) is 31.0. The summed E-state index contributed by atoms with van der Waals surface area (Å²) in [6.45, 7) is 5.57. The van der Waals surface area contributed by atoms with Crippen LogP contribution in [0.2, 0.25) is 5.02 Å². The largest absolute Gasteiger partial charge is 0.478 e. The van der Waals surface area contributed by atoms with Crippen molar-refractivity contribution in [1.29, 1.82) is 5.26 Å². The fourth-order valence-corrected chi connectivity index (χ4v) is 5.23. The van der Waals surface area contributed by atoms with Crippen molar-refractivity contribution in [3.8, 4) is 6.07 Å². The first-order valence-electron chi connectivity index (χ1n) is 12.6. The molecule has 4 rings (SSSR count). The molecule has 0 saturated carbocycles. The Balaban J connectivity index is 0.000000408. The monoisotopic (exact) mass is 613 g/mol. The molecule has 42 heavy (non-hydrogen) atoms. The number of rotatable bonds is 8. The first-order chi connectivity index (χ1) is 19.8. The fraction of sp³-hybridized carbons (Fsp3) is 0.286. The van der Waals surface area contributed by atoms with Crippen LogP contribution in [0.5, 0.6) is 0 Å². The number of sulfonamides is 1. The number of nitriles is 1. The average Bonchev–Trinajstić information content (AvgIpc) is 2.89. The normalized spacial score (nSPS) is 12.7. The molecule has 2 aromatic heterocycles. The van der Waals surface area contributed by atoms with Crippen molar-refractivity contribution in [3.63, 3.8) is 0 Å². The number of aromatic carboxylic acids is 1. The van der Waals surface area contributed by atoms with Gasteiger partial charge in [-0.25, -0.2) is 23.0 Å². The minimum Gasteiger partial charge on any atom is -0.478 e. The summed E-state index contributed by atoms with van der Waals surface area (Å²) < 4.78 is 31.7. The number of carboxylic acid groups (broad SMARTS) is 1. The summed E-state index contributed by atoms with van der Waals surface area (Å²) in [5.74, 6) is -2.69. The summed E-state index contributed by atoms with van der Waals surface area (Å²) in [6.07, 6.45) is 1.57. The Labute approximate surface area is 248 Å². The molecule has 3 aromatic rings. The number of aryl methyl sites for hydroxylation is 2. The Morgan fingerprint density at radius 1 is 1.14 bits per heavy atom. The van der Waals surface area contributed by atoms with Crippen molar-refractivity contribution in [1.82, 2.24) is 14.7 Å². The summed E-state index contributed by atoms with van der Waals surface area (Å²) in [4.78, 5) is 44.7. The number of halogens is 1. The van der Waals surface area contributed by atoms with Crippen LogP contribution in [0.4, 0.5) is 5.82 Å². The summed E-state index contributed by atoms with van der Waals surface area (Å²) in [7, 11) is -3.87. The molecule has 220 valence electrons. The molecule has 0 bridgehead atoms. The van der Waals surface area contributed by atoms with E-state index in [0.29, 0.717) is 27.8 Å². The van der Waals surface area contributed by atoms with Crippen LogP contribution in [0.3, 0.4) is 0 Å². The number of aromatic nitrogens is 2. The Bertz CT molecular complexity index is 1630. The molecule has 1 aliphatic rings. The zero-order valence-electron chi connectivity index (χ0n) is 23.0. The number of ether oxygens (including phenoxy) is 1. The van der Waals surface area contributed by atoms with Crippen LogP contribution >= 0.6 is 11.6 Å². The van der Waals surface area contributed by atoms with Crippen molar-refractivity contribution < 1.29 is 32.6 Å². The van der Waals surface area contributed by atoms with Gasteiger partial charge >= 0.3 is 11.9 Å². The topological polar surface area (TPSA) is 180 Å². The van der Waals surface area contributed by atoms with Gasteiger partial charge in [-0.3, -0.25) is 14.5 Å². The molecule has 14 heteroatoms. The van der Waals surface area contributed by atoms with E-state index in [1.165, 1.54) is 12.1 Å². The molecule has 3 heterocycles. The van der Waals surface area contributed by atoms with Gasteiger partial charge in [-0.1, -0.05) is 23.7 Å². The maximum atomic E-state index is 12.4. The zero-order valence-corrected chi connectivity index (χ0v) is 24.6. The number of esters is 1. The highest BCUT2D eigenvalue weighted by molar-refractivity contribution is 7.89. The fourth-order valence-electron chi connectivity index (χ4n) is 3.93. The predicted octanol–water partition coefficient (Wildman–Crippen LogP) is 3.26. The number of pyridine rings is 2. The van der Waals surface area contributed by atoms with Gasteiger partial charge < -0.3 is 14.7 Å². The lowest BCUT2D eigenvalue weighted by atomic mass is 9.98. The lowest BCUT2D eigenvalue weighted by Crippen LogP contribution is -2.55. The molecule has 12 nitrogen and oxygen atoms in total. The first kappa shape index (κ1) is 32.0. The van der Waals surface area contributed by atoms with Crippen molar-refractivity contribution in [2.45, 2.75) is 26.5 Å². The summed E-state index contributed by atoms with van der Waals surface area (Å²) in [5.41, 5.74) is 2.10. The maximum absolute atomic E-state index is 12.4. The molecule has 0 radical (unpaired) electrons. The number of nitrogens with zero attached hydrogens (tertiary/aromatic N) is 4. The molecule has 0 unspecified atom stereocenters. The molecule has 1 aliphatic heterocycles. The SMILES string of the molecule is CCOC(=O)c1cc(C#N)c(N2CC(C(=O)NS(=O)(=O)Cc3ccc(Cl)cc3)C2)nc1C.Cc1ncccc1C(=O)O. The van der Waals surface area contributed by atoms with Crippen LogP contribution < -0.4 is 9.62 Å². The van der Waals surface area contributed by atoms with Crippen LogP contribution in [0.15, 0.2) is 48.7 Å². The van der Waals surface area contributed by atoms with E-state index in [1.807, 2.05) is 6.07 Å². The smallest absolute Gasteiger partial charge is 0.340 e. The quantitative estimate of drug-likeness (QED) is 0.356. The van der Waals surface area contributed by atoms with Gasteiger partial charge in [-0.05, 0) is 56.7 Å². The maximum Gasteiger partial charge on any atom is 0.340 e. The Kier molecular flexibility index (Phi) is 10.6. The van der Waals surface area contributed by atoms with Crippen LogP contribution in [0.1, 0.15) is 50.2 Å². The number of hydrogen-bond donors (Lipinski definition) is 2. The third-order valence-electron chi connectivity index (χ3n) is 6.12. The van der Waals surface area contributed by atoms with Crippen LogP contribution in [-0.4, -0.2) is 61.0 Å². The second-order valence-corrected chi connectivity index (χ2v) is 11.4. The Morgan fingerprint density at radius 2 is 1.81 bits per heavy atom. The molecule has 2 N–H and O–H groups in total. The average molecular weight is 614 g/mol. The van der Waals surface area contributed by atoms with Gasteiger partial charge in [0.2, 0.25) is 15.9 Å². The number of hydrogen-bond acceptors (Lipinski definition) is 10. The molecule has 1 amide bonds. The van der Waals surface area contributed by atoms with E-state index < -0.39 is 33.8 Å². The molecular formula is C28H28ClN5O7S. The summed E-state index contributed by atoms with van der Waals surface area (Å²) in [5, 5.41) is 18.5. The molecule has 0 atom stereocenters. The van der Waals surface area contributed by atoms with E-state index in [1.54, 1.807) is 62.2 Å². The van der Waals surface area contributed by atoms with Crippen LogP contribution in [-0.2, 0) is 25.3 Å². The van der Waals surface area contributed by atoms with Gasteiger partial charge in [0.1, 0.15) is 11.9 Å². The highest BCUT2D eigenvalue weighted by atomic mass is 35.5. The third kappa shape index (κ3) is 8.25. The Morgan fingerprint density at radius 3 is 2.36 bits per heavy atom. The van der Waals surface area contributed by atoms with E-state index in [2.05, 4.69) is 14.7 Å². The second kappa shape index (κ2) is 13.9. The van der Waals surface area contributed by atoms with E-state index >= 15 is 0 Å². The minimum absolute atomic E-state index is 0.174. The predicted molar refractivity (Wildman–Crippen MR) is 154 cm³/mol. The van der Waals surface area contributed by atoms with Crippen LogP contribution in [0.25, 0.3) is 0 Å². The standard InChI is InChI=1S/C21H21ClN4O5S.C7H7NO2/c1-3-31-21(28)18-8-15(9-23)19(24-13(18)2)26-10-16(11-26)20(27)25-32(29,30)12-14-4-6-17(22)7-5-14;1-5-6(7(9)10)3-2-4-8-5/h4-8,16H,3,10-12H2,1-2H3,(H,25,27);2-4H,1H3,(H,9,10). The first-order valence-corrected chi connectivity index (χ1v) is 14.7. The van der Waals surface area contributed by atoms with Crippen molar-refractivity contribution in [2.24, 2.45) is 5.92 Å². The van der Waals surface area contributed by atoms with E-state index in [9.17, 15) is 28.1 Å². The molecule has 0 spiro atoms. The summed E-state index contributed by atoms with van der Waals surface area (Å²) in [6, 6.07) is 12.9.